The molecule has 4 nitrogen and oxygen atoms in total. The van der Waals surface area contributed by atoms with Gasteiger partial charge in [0.15, 0.2) is 0 Å². The van der Waals surface area contributed by atoms with Crippen LogP contribution in [0.4, 0.5) is 8.78 Å². The zero-order valence-corrected chi connectivity index (χ0v) is 17.0. The normalized spacial score (nSPS) is 19.1. The van der Waals surface area contributed by atoms with Gasteiger partial charge in [0.05, 0.1) is 25.2 Å². The Hall–Kier alpha value is -3.25. The molecule has 3 atom stereocenters. The van der Waals surface area contributed by atoms with Crippen LogP contribution in [0.5, 0.6) is 5.75 Å². The van der Waals surface area contributed by atoms with Gasteiger partial charge in [-0.05, 0) is 59.5 Å². The number of amides is 1. The Labute approximate surface area is 179 Å². The fourth-order valence-corrected chi connectivity index (χ4v) is 4.08. The maximum atomic E-state index is 13.4. The first-order chi connectivity index (χ1) is 15.0. The van der Waals surface area contributed by atoms with E-state index in [9.17, 15) is 18.7 Å². The van der Waals surface area contributed by atoms with Gasteiger partial charge in [0, 0.05) is 6.54 Å². The molecule has 0 radical (unpaired) electrons. The number of methoxy groups -OCH3 is 1. The summed E-state index contributed by atoms with van der Waals surface area (Å²) in [5.41, 5.74) is 2.29. The van der Waals surface area contributed by atoms with Gasteiger partial charge in [-0.1, -0.05) is 36.4 Å². The lowest BCUT2D eigenvalue weighted by molar-refractivity contribution is -0.151. The molecule has 0 spiro atoms. The molecule has 1 heterocycles. The minimum absolute atomic E-state index is 0.0706. The molecule has 0 aliphatic carbocycles. The van der Waals surface area contributed by atoms with Crippen molar-refractivity contribution >= 4 is 5.91 Å². The van der Waals surface area contributed by atoms with Crippen LogP contribution in [0.2, 0.25) is 0 Å². The highest BCUT2D eigenvalue weighted by molar-refractivity contribution is 5.91. The number of β-lactam (4-membered cyclic amide) rings is 1. The van der Waals surface area contributed by atoms with Crippen molar-refractivity contribution in [1.29, 1.82) is 0 Å². The molecule has 31 heavy (non-hydrogen) atoms. The second-order valence-electron chi connectivity index (χ2n) is 7.63. The van der Waals surface area contributed by atoms with Gasteiger partial charge in [0.1, 0.15) is 17.4 Å². The van der Waals surface area contributed by atoms with Gasteiger partial charge < -0.3 is 14.7 Å². The Morgan fingerprint density at radius 1 is 0.903 bits per heavy atom. The number of halogens is 2. The largest absolute Gasteiger partial charge is 0.497 e. The zero-order valence-electron chi connectivity index (χ0n) is 17.0. The number of ether oxygens (including phenoxy) is 1. The van der Waals surface area contributed by atoms with Crippen LogP contribution in [0.15, 0.2) is 72.8 Å². The van der Waals surface area contributed by atoms with E-state index in [0.717, 1.165) is 11.1 Å². The van der Waals surface area contributed by atoms with Crippen LogP contribution in [0.25, 0.3) is 0 Å². The quantitative estimate of drug-likeness (QED) is 0.558. The first-order valence-corrected chi connectivity index (χ1v) is 10.1. The maximum Gasteiger partial charge on any atom is 0.233 e. The zero-order chi connectivity index (χ0) is 22.0. The van der Waals surface area contributed by atoms with Gasteiger partial charge in [-0.15, -0.1) is 0 Å². The monoisotopic (exact) mass is 423 g/mol. The fourth-order valence-electron chi connectivity index (χ4n) is 4.08. The van der Waals surface area contributed by atoms with Crippen molar-refractivity contribution in [2.45, 2.75) is 24.5 Å². The average molecular weight is 423 g/mol. The third-order valence-corrected chi connectivity index (χ3v) is 5.79. The SMILES string of the molecule is COc1ccc([C@H]2[C@H](c3ccc(F)cc3)C(=O)N2CC[C@@H](O)c2ccc(F)cc2)cc1. The molecule has 0 saturated carbocycles. The van der Waals surface area contributed by atoms with E-state index >= 15 is 0 Å². The number of likely N-dealkylation sites (tertiary alicyclic amines) is 1. The van der Waals surface area contributed by atoms with Crippen LogP contribution in [-0.4, -0.2) is 29.6 Å². The molecular formula is C25H23F2NO3. The molecule has 1 fully saturated rings. The number of rotatable bonds is 7. The molecule has 160 valence electrons. The first kappa shape index (κ1) is 21.0. The third-order valence-electron chi connectivity index (χ3n) is 5.79. The van der Waals surface area contributed by atoms with E-state index in [1.807, 2.05) is 24.3 Å². The summed E-state index contributed by atoms with van der Waals surface area (Å²) in [6.45, 7) is 0.339. The van der Waals surface area contributed by atoms with E-state index in [0.29, 0.717) is 24.3 Å². The predicted molar refractivity (Wildman–Crippen MR) is 113 cm³/mol. The number of aliphatic hydroxyl groups is 1. The summed E-state index contributed by atoms with van der Waals surface area (Å²) in [4.78, 5) is 14.7. The van der Waals surface area contributed by atoms with Crippen molar-refractivity contribution in [2.24, 2.45) is 0 Å². The molecule has 1 saturated heterocycles. The van der Waals surface area contributed by atoms with E-state index in [1.165, 1.54) is 24.3 Å². The van der Waals surface area contributed by atoms with Crippen LogP contribution < -0.4 is 4.74 Å². The topological polar surface area (TPSA) is 49.8 Å². The molecule has 0 aromatic heterocycles. The van der Waals surface area contributed by atoms with Gasteiger partial charge in [0.25, 0.3) is 0 Å². The summed E-state index contributed by atoms with van der Waals surface area (Å²) < 4.78 is 31.7. The number of carbonyl (C=O) groups excluding carboxylic acids is 1. The highest BCUT2D eigenvalue weighted by Gasteiger charge is 2.48. The van der Waals surface area contributed by atoms with Crippen molar-refractivity contribution < 1.29 is 23.4 Å². The van der Waals surface area contributed by atoms with Crippen LogP contribution in [-0.2, 0) is 4.79 Å². The van der Waals surface area contributed by atoms with E-state index in [2.05, 4.69) is 0 Å². The van der Waals surface area contributed by atoms with Gasteiger partial charge in [-0.25, -0.2) is 8.78 Å². The van der Waals surface area contributed by atoms with Crippen molar-refractivity contribution in [3.63, 3.8) is 0 Å². The Morgan fingerprint density at radius 2 is 1.45 bits per heavy atom. The molecule has 3 aromatic rings. The van der Waals surface area contributed by atoms with Crippen molar-refractivity contribution in [1.82, 2.24) is 4.90 Å². The van der Waals surface area contributed by atoms with E-state index in [-0.39, 0.29) is 23.6 Å². The lowest BCUT2D eigenvalue weighted by Gasteiger charge is -2.48. The summed E-state index contributed by atoms with van der Waals surface area (Å²) in [6, 6.07) is 18.9. The van der Waals surface area contributed by atoms with Gasteiger partial charge in [-0.3, -0.25) is 4.79 Å². The fraction of sp³-hybridized carbons (Fsp3) is 0.240. The van der Waals surface area contributed by atoms with Gasteiger partial charge in [-0.2, -0.15) is 0 Å². The molecular weight excluding hydrogens is 400 g/mol. The Kier molecular flexibility index (Phi) is 6.00. The summed E-state index contributed by atoms with van der Waals surface area (Å²) in [5, 5.41) is 10.5. The van der Waals surface area contributed by atoms with Crippen molar-refractivity contribution in [3.05, 3.63) is 101 Å². The number of hydrogen-bond acceptors (Lipinski definition) is 3. The highest BCUT2D eigenvalue weighted by Crippen LogP contribution is 2.47. The lowest BCUT2D eigenvalue weighted by Crippen LogP contribution is -2.53. The molecule has 1 amide bonds. The van der Waals surface area contributed by atoms with Crippen molar-refractivity contribution in [2.75, 3.05) is 13.7 Å². The van der Waals surface area contributed by atoms with E-state index in [1.54, 1.807) is 36.3 Å². The summed E-state index contributed by atoms with van der Waals surface area (Å²) in [7, 11) is 1.59. The molecule has 1 aliphatic heterocycles. The molecule has 1 N–H and O–H groups in total. The van der Waals surface area contributed by atoms with Crippen LogP contribution in [0.3, 0.4) is 0 Å². The molecule has 3 aromatic carbocycles. The number of aliphatic hydroxyl groups excluding tert-OH is 1. The average Bonchev–Trinajstić information content (AvgIpc) is 2.79. The summed E-state index contributed by atoms with van der Waals surface area (Å²) in [6.07, 6.45) is -0.491. The number of benzene rings is 3. The number of carbonyl (C=O) groups is 1. The predicted octanol–water partition coefficient (Wildman–Crippen LogP) is 4.76. The minimum Gasteiger partial charge on any atom is -0.497 e. The lowest BCUT2D eigenvalue weighted by atomic mass is 9.77. The molecule has 4 rings (SSSR count). The molecule has 6 heteroatoms. The summed E-state index contributed by atoms with van der Waals surface area (Å²) >= 11 is 0. The Bertz CT molecular complexity index is 1040. The van der Waals surface area contributed by atoms with E-state index in [4.69, 9.17) is 4.74 Å². The Balaban J connectivity index is 1.55. The summed E-state index contributed by atoms with van der Waals surface area (Å²) in [5.74, 6) is -0.493. The van der Waals surface area contributed by atoms with Gasteiger partial charge >= 0.3 is 0 Å². The number of nitrogens with zero attached hydrogens (tertiary/aromatic N) is 1. The second kappa shape index (κ2) is 8.86. The maximum absolute atomic E-state index is 13.4. The van der Waals surface area contributed by atoms with Crippen LogP contribution in [0, 0.1) is 11.6 Å². The van der Waals surface area contributed by atoms with Crippen molar-refractivity contribution in [3.8, 4) is 5.75 Å². The first-order valence-electron chi connectivity index (χ1n) is 10.1. The smallest absolute Gasteiger partial charge is 0.233 e. The standard InChI is InChI=1S/C25H23F2NO3/c1-31-21-12-6-18(7-13-21)24-23(17-4-10-20(27)11-5-17)25(30)28(24)15-14-22(29)16-2-8-19(26)9-3-16/h2-13,22-24,29H,14-15H2,1H3/t22-,23+,24+/m1/s1. The highest BCUT2D eigenvalue weighted by atomic mass is 19.1. The third kappa shape index (κ3) is 4.30. The molecule has 0 unspecified atom stereocenters. The van der Waals surface area contributed by atoms with Gasteiger partial charge in [0.2, 0.25) is 5.91 Å². The molecule has 0 bridgehead atoms. The van der Waals surface area contributed by atoms with Crippen LogP contribution in [0.1, 0.15) is 41.2 Å². The molecule has 1 aliphatic rings. The second-order valence-corrected chi connectivity index (χ2v) is 7.63. The minimum atomic E-state index is -0.810. The van der Waals surface area contributed by atoms with Crippen LogP contribution >= 0.6 is 0 Å². The number of hydrogen-bond donors (Lipinski definition) is 1. The van der Waals surface area contributed by atoms with E-state index < -0.39 is 12.0 Å². The Morgan fingerprint density at radius 3 is 2.03 bits per heavy atom.